The van der Waals surface area contributed by atoms with Gasteiger partial charge in [0.25, 0.3) is 0 Å². The van der Waals surface area contributed by atoms with Crippen LogP contribution in [-0.4, -0.2) is 45.9 Å². The molecule has 1 aliphatic rings. The first kappa shape index (κ1) is 18.2. The van der Waals surface area contributed by atoms with Crippen LogP contribution in [0.2, 0.25) is 0 Å². The third-order valence-electron chi connectivity index (χ3n) is 3.87. The molecule has 140 valence electrons. The van der Waals surface area contributed by atoms with Gasteiger partial charge in [-0.3, -0.25) is 9.36 Å². The number of carbonyl (C=O) groups excluding carboxylic acids is 1. The number of thiophene rings is 1. The predicted octanol–water partition coefficient (Wildman–Crippen LogP) is 3.11. The minimum Gasteiger partial charge on any atom is -0.348 e. The Morgan fingerprint density at radius 1 is 1.19 bits per heavy atom. The number of nitrogens with zero attached hydrogens (tertiary/aromatic N) is 3. The summed E-state index contributed by atoms with van der Waals surface area (Å²) in [6.07, 6.45) is -0.322. The number of nitrogens with one attached hydrogen (secondary N) is 1. The molecule has 0 radical (unpaired) electrons. The van der Waals surface area contributed by atoms with Gasteiger partial charge >= 0.3 is 0 Å². The van der Waals surface area contributed by atoms with E-state index in [0.717, 1.165) is 16.4 Å². The molecule has 9 heteroatoms. The molecule has 3 heterocycles. The highest BCUT2D eigenvalue weighted by molar-refractivity contribution is 7.99. The molecule has 3 aromatic rings. The zero-order valence-electron chi connectivity index (χ0n) is 14.4. The van der Waals surface area contributed by atoms with Crippen LogP contribution in [0.25, 0.3) is 10.7 Å². The zero-order chi connectivity index (χ0) is 18.5. The summed E-state index contributed by atoms with van der Waals surface area (Å²) in [5, 5.41) is 14.1. The molecule has 1 amide bonds. The number of carbonyl (C=O) groups is 1. The van der Waals surface area contributed by atoms with Crippen LogP contribution in [0.3, 0.4) is 0 Å². The van der Waals surface area contributed by atoms with E-state index in [1.54, 1.807) is 11.3 Å². The van der Waals surface area contributed by atoms with Crippen LogP contribution >= 0.6 is 23.1 Å². The maximum absolute atomic E-state index is 12.2. The summed E-state index contributed by atoms with van der Waals surface area (Å²) in [6.45, 7) is 1.66. The van der Waals surface area contributed by atoms with E-state index in [4.69, 9.17) is 9.47 Å². The number of hydrogen-bond acceptors (Lipinski definition) is 7. The summed E-state index contributed by atoms with van der Waals surface area (Å²) in [6, 6.07) is 13.4. The smallest absolute Gasteiger partial charge is 0.234 e. The highest BCUT2D eigenvalue weighted by Gasteiger charge is 2.23. The summed E-state index contributed by atoms with van der Waals surface area (Å²) in [7, 11) is 0. The molecule has 1 saturated heterocycles. The van der Waals surface area contributed by atoms with Gasteiger partial charge in [0.05, 0.1) is 30.4 Å². The Balaban J connectivity index is 1.47. The molecule has 1 aliphatic heterocycles. The van der Waals surface area contributed by atoms with E-state index in [2.05, 4.69) is 15.5 Å². The number of para-hydroxylation sites is 1. The number of benzene rings is 1. The lowest BCUT2D eigenvalue weighted by Crippen LogP contribution is -2.19. The van der Waals surface area contributed by atoms with Crippen LogP contribution in [-0.2, 0) is 20.8 Å². The summed E-state index contributed by atoms with van der Waals surface area (Å²) in [5.41, 5.74) is 0.775. The number of rotatable bonds is 7. The van der Waals surface area contributed by atoms with Crippen molar-refractivity contribution >= 4 is 34.7 Å². The van der Waals surface area contributed by atoms with Crippen LogP contribution in [0.5, 0.6) is 0 Å². The Morgan fingerprint density at radius 3 is 2.74 bits per heavy atom. The van der Waals surface area contributed by atoms with Gasteiger partial charge in [-0.05, 0) is 23.6 Å². The summed E-state index contributed by atoms with van der Waals surface area (Å²) in [4.78, 5) is 13.3. The van der Waals surface area contributed by atoms with Crippen molar-refractivity contribution in [3.63, 3.8) is 0 Å². The van der Waals surface area contributed by atoms with Crippen LogP contribution < -0.4 is 5.32 Å². The molecule has 1 fully saturated rings. The molecule has 0 unspecified atom stereocenters. The number of aromatic nitrogens is 3. The quantitative estimate of drug-likeness (QED) is 0.612. The van der Waals surface area contributed by atoms with Crippen molar-refractivity contribution in [1.29, 1.82) is 0 Å². The molecule has 27 heavy (non-hydrogen) atoms. The van der Waals surface area contributed by atoms with E-state index in [-0.39, 0.29) is 18.0 Å². The van der Waals surface area contributed by atoms with Gasteiger partial charge in [0.1, 0.15) is 0 Å². The van der Waals surface area contributed by atoms with Crippen LogP contribution in [0.1, 0.15) is 0 Å². The topological polar surface area (TPSA) is 78.3 Å². The second-order valence-corrected chi connectivity index (χ2v) is 7.66. The number of hydrogen-bond donors (Lipinski definition) is 1. The number of amides is 1. The van der Waals surface area contributed by atoms with Crippen molar-refractivity contribution < 1.29 is 14.3 Å². The van der Waals surface area contributed by atoms with Crippen LogP contribution in [0.15, 0.2) is 53.0 Å². The maximum Gasteiger partial charge on any atom is 0.234 e. The molecule has 1 aromatic carbocycles. The monoisotopic (exact) mass is 402 g/mol. The molecule has 0 aliphatic carbocycles. The molecule has 4 rings (SSSR count). The largest absolute Gasteiger partial charge is 0.348 e. The molecule has 0 bridgehead atoms. The lowest BCUT2D eigenvalue weighted by molar-refractivity contribution is -0.113. The average molecular weight is 403 g/mol. The molecular formula is C18H18N4O3S2. The fourth-order valence-corrected chi connectivity index (χ4v) is 4.12. The lowest BCUT2D eigenvalue weighted by atomic mass is 10.3. The van der Waals surface area contributed by atoms with Crippen molar-refractivity contribution in [3.8, 4) is 10.7 Å². The Kier molecular flexibility index (Phi) is 5.83. The fourth-order valence-electron chi connectivity index (χ4n) is 2.66. The van der Waals surface area contributed by atoms with E-state index < -0.39 is 0 Å². The third kappa shape index (κ3) is 4.56. The van der Waals surface area contributed by atoms with E-state index >= 15 is 0 Å². The van der Waals surface area contributed by atoms with Crippen molar-refractivity contribution in [2.24, 2.45) is 0 Å². The van der Waals surface area contributed by atoms with E-state index in [1.807, 2.05) is 52.4 Å². The minimum atomic E-state index is -0.322. The first-order valence-electron chi connectivity index (χ1n) is 8.47. The minimum absolute atomic E-state index is 0.0909. The fraction of sp³-hybridized carbons (Fsp3) is 0.278. The average Bonchev–Trinajstić information content (AvgIpc) is 3.44. The molecule has 0 saturated carbocycles. The third-order valence-corrected chi connectivity index (χ3v) is 5.70. The summed E-state index contributed by atoms with van der Waals surface area (Å²) >= 11 is 2.94. The molecule has 0 atom stereocenters. The van der Waals surface area contributed by atoms with Gasteiger partial charge in [0.15, 0.2) is 17.3 Å². The van der Waals surface area contributed by atoms with E-state index in [0.29, 0.717) is 24.9 Å². The van der Waals surface area contributed by atoms with Crippen molar-refractivity contribution in [3.05, 3.63) is 47.8 Å². The van der Waals surface area contributed by atoms with Gasteiger partial charge in [-0.1, -0.05) is 36.0 Å². The van der Waals surface area contributed by atoms with Gasteiger partial charge in [0.2, 0.25) is 5.91 Å². The maximum atomic E-state index is 12.2. The highest BCUT2D eigenvalue weighted by Crippen LogP contribution is 2.28. The Morgan fingerprint density at radius 2 is 2.00 bits per heavy atom. The molecule has 7 nitrogen and oxygen atoms in total. The SMILES string of the molecule is O=C(CSc1nnc(-c2cccs2)n1CC1OCCO1)Nc1ccccc1. The Bertz CT molecular complexity index is 877. The van der Waals surface area contributed by atoms with E-state index in [1.165, 1.54) is 11.8 Å². The second kappa shape index (κ2) is 8.66. The lowest BCUT2D eigenvalue weighted by Gasteiger charge is -2.13. The van der Waals surface area contributed by atoms with Crippen LogP contribution in [0, 0.1) is 0 Å². The predicted molar refractivity (Wildman–Crippen MR) is 105 cm³/mol. The molecule has 0 spiro atoms. The zero-order valence-corrected chi connectivity index (χ0v) is 16.0. The van der Waals surface area contributed by atoms with Crippen molar-refractivity contribution in [2.45, 2.75) is 18.0 Å². The Labute approximate surface area is 164 Å². The highest BCUT2D eigenvalue weighted by atomic mass is 32.2. The van der Waals surface area contributed by atoms with Gasteiger partial charge in [-0.15, -0.1) is 21.5 Å². The summed E-state index contributed by atoms with van der Waals surface area (Å²) in [5.74, 6) is 0.908. The van der Waals surface area contributed by atoms with Crippen molar-refractivity contribution in [2.75, 3.05) is 24.3 Å². The summed E-state index contributed by atoms with van der Waals surface area (Å²) < 4.78 is 13.1. The van der Waals surface area contributed by atoms with E-state index in [9.17, 15) is 4.79 Å². The molecule has 2 aromatic heterocycles. The van der Waals surface area contributed by atoms with Crippen molar-refractivity contribution in [1.82, 2.24) is 14.8 Å². The normalized spacial score (nSPS) is 14.5. The standard InChI is InChI=1S/C18H18N4O3S2/c23-15(19-13-5-2-1-3-6-13)12-27-18-21-20-17(14-7-4-10-26-14)22(18)11-16-24-8-9-25-16/h1-7,10,16H,8-9,11-12H2,(H,19,23). The number of thioether (sulfide) groups is 1. The van der Waals surface area contributed by atoms with Gasteiger partial charge in [0, 0.05) is 5.69 Å². The van der Waals surface area contributed by atoms with Gasteiger partial charge in [-0.2, -0.15) is 0 Å². The first-order valence-corrected chi connectivity index (χ1v) is 10.3. The Hall–Kier alpha value is -2.20. The van der Waals surface area contributed by atoms with Crippen LogP contribution in [0.4, 0.5) is 5.69 Å². The molecule has 1 N–H and O–H groups in total. The molecular weight excluding hydrogens is 384 g/mol. The number of ether oxygens (including phenoxy) is 2. The second-order valence-electron chi connectivity index (χ2n) is 5.77. The number of anilines is 1. The first-order chi connectivity index (χ1) is 13.3. The van der Waals surface area contributed by atoms with Gasteiger partial charge < -0.3 is 14.8 Å². The van der Waals surface area contributed by atoms with Gasteiger partial charge in [-0.25, -0.2) is 0 Å².